The Labute approximate surface area is 121 Å². The third-order valence-electron chi connectivity index (χ3n) is 3.98. The van der Waals surface area contributed by atoms with Gasteiger partial charge in [0.1, 0.15) is 5.15 Å². The molecule has 0 atom stereocenters. The van der Waals surface area contributed by atoms with E-state index in [4.69, 9.17) is 17.3 Å². The average molecular weight is 282 g/mol. The SMILES string of the molecule is CCCN(Cc1cccnc1Cl)C1CCC(N)CC1. The van der Waals surface area contributed by atoms with Gasteiger partial charge in [-0.3, -0.25) is 4.90 Å². The fourth-order valence-corrected chi connectivity index (χ4v) is 3.08. The maximum Gasteiger partial charge on any atom is 0.133 e. The Morgan fingerprint density at radius 3 is 2.74 bits per heavy atom. The number of aromatic nitrogens is 1. The Morgan fingerprint density at radius 1 is 1.37 bits per heavy atom. The molecular formula is C15H24ClN3. The predicted octanol–water partition coefficient (Wildman–Crippen LogP) is 3.22. The van der Waals surface area contributed by atoms with Crippen LogP contribution in [0.3, 0.4) is 0 Å². The van der Waals surface area contributed by atoms with Crippen LogP contribution >= 0.6 is 11.6 Å². The van der Waals surface area contributed by atoms with E-state index in [9.17, 15) is 0 Å². The second kappa shape index (κ2) is 7.22. The first-order valence-corrected chi connectivity index (χ1v) is 7.67. The van der Waals surface area contributed by atoms with Gasteiger partial charge in [-0.2, -0.15) is 0 Å². The summed E-state index contributed by atoms with van der Waals surface area (Å²) in [5, 5.41) is 0.635. The molecular weight excluding hydrogens is 258 g/mol. The minimum atomic E-state index is 0.404. The second-order valence-electron chi connectivity index (χ2n) is 5.49. The molecule has 0 unspecified atom stereocenters. The average Bonchev–Trinajstić information content (AvgIpc) is 2.42. The van der Waals surface area contributed by atoms with Crippen molar-refractivity contribution in [3.63, 3.8) is 0 Å². The van der Waals surface area contributed by atoms with E-state index in [2.05, 4.69) is 22.9 Å². The Morgan fingerprint density at radius 2 is 2.11 bits per heavy atom. The van der Waals surface area contributed by atoms with Gasteiger partial charge >= 0.3 is 0 Å². The predicted molar refractivity (Wildman–Crippen MR) is 80.2 cm³/mol. The molecule has 0 radical (unpaired) electrons. The zero-order chi connectivity index (χ0) is 13.7. The van der Waals surface area contributed by atoms with Crippen LogP contribution in [-0.4, -0.2) is 28.5 Å². The van der Waals surface area contributed by atoms with Crippen molar-refractivity contribution in [3.8, 4) is 0 Å². The summed E-state index contributed by atoms with van der Waals surface area (Å²) in [6.45, 7) is 4.25. The Kier molecular flexibility index (Phi) is 5.61. The lowest BCUT2D eigenvalue weighted by atomic mass is 9.90. The zero-order valence-electron chi connectivity index (χ0n) is 11.7. The summed E-state index contributed by atoms with van der Waals surface area (Å²) in [6.07, 6.45) is 7.62. The van der Waals surface area contributed by atoms with Crippen molar-refractivity contribution in [1.29, 1.82) is 0 Å². The van der Waals surface area contributed by atoms with Gasteiger partial charge in [0.15, 0.2) is 0 Å². The number of hydrogen-bond acceptors (Lipinski definition) is 3. The summed E-state index contributed by atoms with van der Waals surface area (Å²) in [5.74, 6) is 0. The van der Waals surface area contributed by atoms with Crippen molar-refractivity contribution in [1.82, 2.24) is 9.88 Å². The van der Waals surface area contributed by atoms with Crippen LogP contribution in [0.5, 0.6) is 0 Å². The van der Waals surface area contributed by atoms with E-state index in [1.165, 1.54) is 19.3 Å². The number of nitrogens with two attached hydrogens (primary N) is 1. The lowest BCUT2D eigenvalue weighted by Crippen LogP contribution is -2.40. The Hall–Kier alpha value is -0.640. The summed E-state index contributed by atoms with van der Waals surface area (Å²) in [4.78, 5) is 6.72. The molecule has 19 heavy (non-hydrogen) atoms. The fourth-order valence-electron chi connectivity index (χ4n) is 2.90. The van der Waals surface area contributed by atoms with E-state index in [0.717, 1.165) is 31.5 Å². The minimum absolute atomic E-state index is 0.404. The van der Waals surface area contributed by atoms with Gasteiger partial charge in [0, 0.05) is 30.4 Å². The topological polar surface area (TPSA) is 42.2 Å². The van der Waals surface area contributed by atoms with E-state index < -0.39 is 0 Å². The minimum Gasteiger partial charge on any atom is -0.328 e. The molecule has 0 bridgehead atoms. The summed E-state index contributed by atoms with van der Waals surface area (Å²) in [5.41, 5.74) is 7.13. The molecule has 2 rings (SSSR count). The molecule has 1 aromatic heterocycles. The van der Waals surface area contributed by atoms with E-state index >= 15 is 0 Å². The van der Waals surface area contributed by atoms with Crippen LogP contribution in [0.15, 0.2) is 18.3 Å². The van der Waals surface area contributed by atoms with Gasteiger partial charge < -0.3 is 5.73 Å². The van der Waals surface area contributed by atoms with Gasteiger partial charge in [-0.15, -0.1) is 0 Å². The molecule has 2 N–H and O–H groups in total. The van der Waals surface area contributed by atoms with Gasteiger partial charge in [0.25, 0.3) is 0 Å². The van der Waals surface area contributed by atoms with Gasteiger partial charge in [0.2, 0.25) is 0 Å². The van der Waals surface area contributed by atoms with Crippen LogP contribution < -0.4 is 5.73 Å². The zero-order valence-corrected chi connectivity index (χ0v) is 12.4. The van der Waals surface area contributed by atoms with Gasteiger partial charge in [-0.05, 0) is 44.7 Å². The third-order valence-corrected chi connectivity index (χ3v) is 4.32. The molecule has 1 aliphatic rings. The summed E-state index contributed by atoms with van der Waals surface area (Å²) < 4.78 is 0. The molecule has 0 amide bonds. The molecule has 1 saturated carbocycles. The lowest BCUT2D eigenvalue weighted by molar-refractivity contribution is 0.142. The molecule has 1 aromatic rings. The van der Waals surface area contributed by atoms with Crippen molar-refractivity contribution in [2.45, 2.75) is 57.7 Å². The smallest absolute Gasteiger partial charge is 0.133 e. The molecule has 106 valence electrons. The molecule has 4 heteroatoms. The van der Waals surface area contributed by atoms with Gasteiger partial charge in [0.05, 0.1) is 0 Å². The molecule has 1 fully saturated rings. The highest BCUT2D eigenvalue weighted by molar-refractivity contribution is 6.30. The molecule has 1 aliphatic carbocycles. The largest absolute Gasteiger partial charge is 0.328 e. The van der Waals surface area contributed by atoms with Crippen molar-refractivity contribution < 1.29 is 0 Å². The first-order chi connectivity index (χ1) is 9.20. The molecule has 0 aliphatic heterocycles. The van der Waals surface area contributed by atoms with Gasteiger partial charge in [-0.1, -0.05) is 24.6 Å². The number of halogens is 1. The number of hydrogen-bond donors (Lipinski definition) is 1. The molecule has 0 spiro atoms. The molecule has 1 heterocycles. The van der Waals surface area contributed by atoms with E-state index in [-0.39, 0.29) is 0 Å². The number of pyridine rings is 1. The summed E-state index contributed by atoms with van der Waals surface area (Å²) in [7, 11) is 0. The highest BCUT2D eigenvalue weighted by atomic mass is 35.5. The van der Waals surface area contributed by atoms with E-state index in [1.807, 2.05) is 6.07 Å². The van der Waals surface area contributed by atoms with Crippen LogP contribution in [-0.2, 0) is 6.54 Å². The monoisotopic (exact) mass is 281 g/mol. The van der Waals surface area contributed by atoms with Gasteiger partial charge in [-0.25, -0.2) is 4.98 Å². The van der Waals surface area contributed by atoms with Crippen LogP contribution in [0.2, 0.25) is 5.15 Å². The van der Waals surface area contributed by atoms with E-state index in [0.29, 0.717) is 17.2 Å². The first kappa shape index (κ1) is 14.8. The van der Waals surface area contributed by atoms with Crippen LogP contribution in [0.4, 0.5) is 0 Å². The maximum absolute atomic E-state index is 6.17. The summed E-state index contributed by atoms with van der Waals surface area (Å²) >= 11 is 6.17. The second-order valence-corrected chi connectivity index (χ2v) is 5.85. The van der Waals surface area contributed by atoms with Crippen molar-refractivity contribution >= 4 is 11.6 Å². The molecule has 0 aromatic carbocycles. The van der Waals surface area contributed by atoms with Crippen LogP contribution in [0.25, 0.3) is 0 Å². The quantitative estimate of drug-likeness (QED) is 0.843. The highest BCUT2D eigenvalue weighted by Crippen LogP contribution is 2.25. The number of nitrogens with zero attached hydrogens (tertiary/aromatic N) is 2. The van der Waals surface area contributed by atoms with Crippen molar-refractivity contribution in [3.05, 3.63) is 29.0 Å². The standard InChI is InChI=1S/C15H24ClN3/c1-2-10-19(14-7-5-13(17)6-8-14)11-12-4-3-9-18-15(12)16/h3-4,9,13-14H,2,5-8,10-11,17H2,1H3. The normalized spacial score (nSPS) is 23.8. The lowest BCUT2D eigenvalue weighted by Gasteiger charge is -2.36. The van der Waals surface area contributed by atoms with Crippen LogP contribution in [0, 0.1) is 0 Å². The third kappa shape index (κ3) is 4.16. The maximum atomic E-state index is 6.17. The van der Waals surface area contributed by atoms with Crippen molar-refractivity contribution in [2.24, 2.45) is 5.73 Å². The van der Waals surface area contributed by atoms with E-state index in [1.54, 1.807) is 6.20 Å². The summed E-state index contributed by atoms with van der Waals surface area (Å²) in [6, 6.07) is 5.09. The van der Waals surface area contributed by atoms with Crippen molar-refractivity contribution in [2.75, 3.05) is 6.54 Å². The molecule has 3 nitrogen and oxygen atoms in total. The fraction of sp³-hybridized carbons (Fsp3) is 0.667. The molecule has 0 saturated heterocycles. The first-order valence-electron chi connectivity index (χ1n) is 7.29. The Bertz CT molecular complexity index is 389. The van der Waals surface area contributed by atoms with Crippen LogP contribution in [0.1, 0.15) is 44.6 Å². The number of rotatable bonds is 5. The Balaban J connectivity index is 2.02. The highest BCUT2D eigenvalue weighted by Gasteiger charge is 2.24.